The second-order valence-corrected chi connectivity index (χ2v) is 4.49. The van der Waals surface area contributed by atoms with Crippen molar-refractivity contribution in [2.75, 3.05) is 6.54 Å². The van der Waals surface area contributed by atoms with Crippen molar-refractivity contribution in [2.45, 2.75) is 37.4 Å². The fourth-order valence-electron chi connectivity index (χ4n) is 2.47. The standard InChI is InChI=1S/C13H16F3N/c14-13(15,16)12(10-6-2-1-3-7-10)11-8-4-5-9-17-11/h1-3,6-7,11-12,17H,4-5,8-9H2/t11-,12-/m1/s1. The Hall–Kier alpha value is -1.03. The molecule has 0 aromatic heterocycles. The van der Waals surface area contributed by atoms with Crippen LogP contribution in [0.25, 0.3) is 0 Å². The largest absolute Gasteiger partial charge is 0.397 e. The van der Waals surface area contributed by atoms with E-state index in [1.54, 1.807) is 30.3 Å². The van der Waals surface area contributed by atoms with E-state index in [2.05, 4.69) is 5.32 Å². The number of nitrogens with one attached hydrogen (secondary N) is 1. The summed E-state index contributed by atoms with van der Waals surface area (Å²) < 4.78 is 39.5. The first-order chi connectivity index (χ1) is 8.09. The van der Waals surface area contributed by atoms with Gasteiger partial charge in [0.05, 0.1) is 5.92 Å². The molecule has 1 saturated heterocycles. The molecule has 2 rings (SSSR count). The third kappa shape index (κ3) is 3.00. The molecule has 1 aromatic rings. The molecule has 1 aromatic carbocycles. The lowest BCUT2D eigenvalue weighted by Crippen LogP contribution is -2.44. The van der Waals surface area contributed by atoms with Crippen LogP contribution in [0.5, 0.6) is 0 Å². The van der Waals surface area contributed by atoms with Crippen molar-refractivity contribution < 1.29 is 13.2 Å². The quantitative estimate of drug-likeness (QED) is 0.838. The van der Waals surface area contributed by atoms with Crippen LogP contribution in [0.2, 0.25) is 0 Å². The SMILES string of the molecule is FC(F)(F)[C@H](c1ccccc1)[C@H]1CCCCN1. The van der Waals surface area contributed by atoms with Gasteiger partial charge >= 0.3 is 6.18 Å². The maximum atomic E-state index is 13.2. The van der Waals surface area contributed by atoms with Crippen LogP contribution in [0.1, 0.15) is 30.7 Å². The smallest absolute Gasteiger partial charge is 0.313 e. The van der Waals surface area contributed by atoms with Crippen molar-refractivity contribution in [3.63, 3.8) is 0 Å². The van der Waals surface area contributed by atoms with Gasteiger partial charge in [0, 0.05) is 6.04 Å². The Morgan fingerprint density at radius 2 is 1.82 bits per heavy atom. The lowest BCUT2D eigenvalue weighted by Gasteiger charge is -2.33. The normalized spacial score (nSPS) is 23.4. The summed E-state index contributed by atoms with van der Waals surface area (Å²) in [5.74, 6) is -1.39. The summed E-state index contributed by atoms with van der Waals surface area (Å²) in [6, 6.07) is 7.72. The van der Waals surface area contributed by atoms with E-state index in [9.17, 15) is 13.2 Å². The number of piperidine rings is 1. The van der Waals surface area contributed by atoms with Crippen LogP contribution in [0.3, 0.4) is 0 Å². The van der Waals surface area contributed by atoms with Crippen molar-refractivity contribution in [1.82, 2.24) is 5.32 Å². The van der Waals surface area contributed by atoms with E-state index in [0.29, 0.717) is 18.5 Å². The fraction of sp³-hybridized carbons (Fsp3) is 0.538. The van der Waals surface area contributed by atoms with E-state index in [4.69, 9.17) is 0 Å². The van der Waals surface area contributed by atoms with Crippen molar-refractivity contribution in [3.05, 3.63) is 35.9 Å². The summed E-state index contributed by atoms with van der Waals surface area (Å²) in [4.78, 5) is 0. The van der Waals surface area contributed by atoms with E-state index in [-0.39, 0.29) is 0 Å². The van der Waals surface area contributed by atoms with Gasteiger partial charge in [-0.05, 0) is 24.9 Å². The average molecular weight is 243 g/mol. The molecule has 1 aliphatic rings. The van der Waals surface area contributed by atoms with Gasteiger partial charge in [0.2, 0.25) is 0 Å². The molecule has 1 N–H and O–H groups in total. The minimum Gasteiger partial charge on any atom is -0.313 e. The molecule has 0 unspecified atom stereocenters. The predicted octanol–water partition coefficient (Wildman–Crippen LogP) is 3.47. The lowest BCUT2D eigenvalue weighted by atomic mass is 9.86. The number of alkyl halides is 3. The number of hydrogen-bond acceptors (Lipinski definition) is 1. The van der Waals surface area contributed by atoms with Crippen molar-refractivity contribution in [3.8, 4) is 0 Å². The highest BCUT2D eigenvalue weighted by atomic mass is 19.4. The average Bonchev–Trinajstić information content (AvgIpc) is 2.30. The zero-order valence-corrected chi connectivity index (χ0v) is 9.50. The van der Waals surface area contributed by atoms with Gasteiger partial charge in [0.1, 0.15) is 0 Å². The summed E-state index contributed by atoms with van der Waals surface area (Å²) in [6.07, 6.45) is -1.75. The van der Waals surface area contributed by atoms with Crippen LogP contribution in [0.4, 0.5) is 13.2 Å². The fourth-order valence-corrected chi connectivity index (χ4v) is 2.47. The van der Waals surface area contributed by atoms with Gasteiger partial charge in [-0.25, -0.2) is 0 Å². The minimum atomic E-state index is -4.18. The molecule has 4 heteroatoms. The summed E-state index contributed by atoms with van der Waals surface area (Å²) in [7, 11) is 0. The molecule has 0 aliphatic carbocycles. The summed E-state index contributed by atoms with van der Waals surface area (Å²) in [6.45, 7) is 0.685. The first-order valence-electron chi connectivity index (χ1n) is 5.94. The van der Waals surface area contributed by atoms with Crippen molar-refractivity contribution in [1.29, 1.82) is 0 Å². The molecular formula is C13H16F3N. The maximum Gasteiger partial charge on any atom is 0.397 e. The second kappa shape index (κ2) is 5.08. The Labute approximate surface area is 99.0 Å². The molecule has 1 fully saturated rings. The van der Waals surface area contributed by atoms with Crippen molar-refractivity contribution >= 4 is 0 Å². The second-order valence-electron chi connectivity index (χ2n) is 4.49. The van der Waals surface area contributed by atoms with Crippen molar-refractivity contribution in [2.24, 2.45) is 0 Å². The molecule has 0 spiro atoms. The lowest BCUT2D eigenvalue weighted by molar-refractivity contribution is -0.158. The maximum absolute atomic E-state index is 13.2. The third-order valence-corrected chi connectivity index (χ3v) is 3.26. The zero-order chi connectivity index (χ0) is 12.3. The minimum absolute atomic E-state index is 0.361. The molecule has 1 nitrogen and oxygen atoms in total. The van der Waals surface area contributed by atoms with Gasteiger partial charge < -0.3 is 5.32 Å². The molecule has 17 heavy (non-hydrogen) atoms. The molecule has 0 bridgehead atoms. The zero-order valence-electron chi connectivity index (χ0n) is 9.50. The van der Waals surface area contributed by atoms with Gasteiger partial charge in [-0.15, -0.1) is 0 Å². The van der Waals surface area contributed by atoms with Gasteiger partial charge in [-0.2, -0.15) is 13.2 Å². The topological polar surface area (TPSA) is 12.0 Å². The highest BCUT2D eigenvalue weighted by Crippen LogP contribution is 2.39. The molecular weight excluding hydrogens is 227 g/mol. The van der Waals surface area contributed by atoms with Gasteiger partial charge in [-0.1, -0.05) is 36.8 Å². The first-order valence-corrected chi connectivity index (χ1v) is 5.94. The van der Waals surface area contributed by atoms with E-state index in [0.717, 1.165) is 12.8 Å². The number of hydrogen-bond donors (Lipinski definition) is 1. The Morgan fingerprint density at radius 1 is 1.12 bits per heavy atom. The molecule has 1 heterocycles. The predicted molar refractivity (Wildman–Crippen MR) is 60.9 cm³/mol. The summed E-state index contributed by atoms with van der Waals surface area (Å²) >= 11 is 0. The van der Waals surface area contributed by atoms with Gasteiger partial charge in [-0.3, -0.25) is 0 Å². The van der Waals surface area contributed by atoms with Crippen LogP contribution >= 0.6 is 0 Å². The van der Waals surface area contributed by atoms with Gasteiger partial charge in [0.25, 0.3) is 0 Å². The number of rotatable bonds is 2. The van der Waals surface area contributed by atoms with E-state index < -0.39 is 18.1 Å². The molecule has 1 aliphatic heterocycles. The Morgan fingerprint density at radius 3 is 2.35 bits per heavy atom. The van der Waals surface area contributed by atoms with E-state index in [1.807, 2.05) is 0 Å². The molecule has 0 amide bonds. The van der Waals surface area contributed by atoms with Crippen LogP contribution in [-0.2, 0) is 0 Å². The first kappa shape index (κ1) is 12.4. The highest BCUT2D eigenvalue weighted by Gasteiger charge is 2.45. The van der Waals surface area contributed by atoms with Crippen LogP contribution < -0.4 is 5.32 Å². The Balaban J connectivity index is 2.25. The Kier molecular flexibility index (Phi) is 3.72. The monoisotopic (exact) mass is 243 g/mol. The molecule has 2 atom stereocenters. The highest BCUT2D eigenvalue weighted by molar-refractivity contribution is 5.23. The summed E-state index contributed by atoms with van der Waals surface area (Å²) in [5.41, 5.74) is 0.361. The van der Waals surface area contributed by atoms with E-state index in [1.165, 1.54) is 0 Å². The number of halogens is 3. The number of benzene rings is 1. The molecule has 0 saturated carbocycles. The molecule has 94 valence electrons. The summed E-state index contributed by atoms with van der Waals surface area (Å²) in [5, 5.41) is 3.00. The van der Waals surface area contributed by atoms with E-state index >= 15 is 0 Å². The van der Waals surface area contributed by atoms with Crippen LogP contribution in [0.15, 0.2) is 30.3 Å². The molecule has 0 radical (unpaired) electrons. The Bertz CT molecular complexity index is 341. The van der Waals surface area contributed by atoms with Gasteiger partial charge in [0.15, 0.2) is 0 Å². The third-order valence-electron chi connectivity index (χ3n) is 3.26. The van der Waals surface area contributed by atoms with Crippen LogP contribution in [-0.4, -0.2) is 18.8 Å². The van der Waals surface area contributed by atoms with Crippen LogP contribution in [0, 0.1) is 0 Å².